The minimum atomic E-state index is -0.876. The lowest BCUT2D eigenvalue weighted by Gasteiger charge is -2.11. The summed E-state index contributed by atoms with van der Waals surface area (Å²) in [6, 6.07) is 0. The number of carboxylic acid groups (broad SMARTS) is 1. The second-order valence-electron chi connectivity index (χ2n) is 5.46. The second-order valence-corrected chi connectivity index (χ2v) is 6.55. The summed E-state index contributed by atoms with van der Waals surface area (Å²) < 4.78 is 1.59. The molecule has 1 aliphatic rings. The van der Waals surface area contributed by atoms with Crippen molar-refractivity contribution in [3.63, 3.8) is 0 Å². The molecule has 0 aromatic carbocycles. The van der Waals surface area contributed by atoms with Crippen LogP contribution < -0.4 is 5.56 Å². The van der Waals surface area contributed by atoms with E-state index in [1.165, 1.54) is 11.3 Å². The van der Waals surface area contributed by atoms with E-state index >= 15 is 0 Å². The molecule has 3 rings (SSSR count). The highest BCUT2D eigenvalue weighted by Crippen LogP contribution is 2.42. The van der Waals surface area contributed by atoms with E-state index in [4.69, 9.17) is 5.11 Å². The fourth-order valence-corrected chi connectivity index (χ4v) is 4.40. The summed E-state index contributed by atoms with van der Waals surface area (Å²) in [6.45, 7) is 2.35. The number of aliphatic carboxylic acids is 1. The Hall–Kier alpha value is -1.73. The molecule has 2 heterocycles. The monoisotopic (exact) mass is 322 g/mol. The molecule has 0 saturated heterocycles. The summed E-state index contributed by atoms with van der Waals surface area (Å²) in [7, 11) is 0. The molecule has 118 valence electrons. The predicted octanol–water partition coefficient (Wildman–Crippen LogP) is 1.52. The van der Waals surface area contributed by atoms with Gasteiger partial charge in [0.1, 0.15) is 10.7 Å². The number of fused-ring (bicyclic) bond motifs is 3. The summed E-state index contributed by atoms with van der Waals surface area (Å²) in [5.74, 6) is -0.783. The summed E-state index contributed by atoms with van der Waals surface area (Å²) in [5.41, 5.74) is 0.506. The lowest BCUT2D eigenvalue weighted by atomic mass is 10.0. The third-order valence-electron chi connectivity index (χ3n) is 4.17. The van der Waals surface area contributed by atoms with E-state index in [1.807, 2.05) is 6.92 Å². The Kier molecular flexibility index (Phi) is 4.01. The molecule has 1 aliphatic carbocycles. The molecular weight excluding hydrogens is 304 g/mol. The van der Waals surface area contributed by atoms with Gasteiger partial charge in [0, 0.05) is 24.4 Å². The first-order valence-corrected chi connectivity index (χ1v) is 8.28. The highest BCUT2D eigenvalue weighted by atomic mass is 32.1. The van der Waals surface area contributed by atoms with E-state index in [0.29, 0.717) is 53.8 Å². The van der Waals surface area contributed by atoms with Crippen LogP contribution >= 0.6 is 11.3 Å². The zero-order valence-corrected chi connectivity index (χ0v) is 13.2. The average molecular weight is 322 g/mol. The van der Waals surface area contributed by atoms with Gasteiger partial charge in [0.15, 0.2) is 0 Å². The number of aliphatic hydroxyl groups is 1. The van der Waals surface area contributed by atoms with Gasteiger partial charge in [-0.2, -0.15) is 0 Å². The van der Waals surface area contributed by atoms with Gasteiger partial charge >= 0.3 is 5.97 Å². The number of aryl methyl sites for hydroxylation is 2. The molecule has 6 nitrogen and oxygen atoms in total. The summed E-state index contributed by atoms with van der Waals surface area (Å²) in [6.07, 6.45) is 2.36. The first-order chi connectivity index (χ1) is 10.6. The van der Waals surface area contributed by atoms with E-state index in [-0.39, 0.29) is 12.2 Å². The summed E-state index contributed by atoms with van der Waals surface area (Å²) >= 11 is 1.45. The van der Waals surface area contributed by atoms with Crippen LogP contribution in [-0.4, -0.2) is 32.3 Å². The van der Waals surface area contributed by atoms with Crippen LogP contribution in [0.4, 0.5) is 0 Å². The molecule has 0 fully saturated rings. The number of hydrogen-bond donors (Lipinski definition) is 2. The van der Waals surface area contributed by atoms with Crippen LogP contribution in [0.3, 0.4) is 0 Å². The Labute approximate surface area is 131 Å². The van der Waals surface area contributed by atoms with Gasteiger partial charge in [-0.3, -0.25) is 14.2 Å². The van der Waals surface area contributed by atoms with Crippen molar-refractivity contribution in [1.82, 2.24) is 9.55 Å². The first-order valence-electron chi connectivity index (χ1n) is 7.47. The van der Waals surface area contributed by atoms with E-state index in [0.717, 1.165) is 4.88 Å². The Morgan fingerprint density at radius 2 is 2.27 bits per heavy atom. The maximum absolute atomic E-state index is 12.9. The van der Waals surface area contributed by atoms with Crippen molar-refractivity contribution >= 4 is 27.5 Å². The van der Waals surface area contributed by atoms with Gasteiger partial charge in [-0.1, -0.05) is 6.92 Å². The number of hydrogen-bond acceptors (Lipinski definition) is 5. The minimum Gasteiger partial charge on any atom is -0.481 e. The van der Waals surface area contributed by atoms with Crippen molar-refractivity contribution in [1.29, 1.82) is 0 Å². The summed E-state index contributed by atoms with van der Waals surface area (Å²) in [5, 5.41) is 18.9. The van der Waals surface area contributed by atoms with Crippen molar-refractivity contribution in [2.75, 3.05) is 6.61 Å². The van der Waals surface area contributed by atoms with Crippen LogP contribution in [0.5, 0.6) is 0 Å². The maximum atomic E-state index is 12.9. The molecule has 2 aromatic rings. The first kappa shape index (κ1) is 15.2. The number of carboxylic acids is 1. The van der Waals surface area contributed by atoms with Crippen molar-refractivity contribution in [3.8, 4) is 0 Å². The molecule has 1 unspecified atom stereocenters. The molecule has 0 bridgehead atoms. The molecular formula is C15H18N2O4S. The third-order valence-corrected chi connectivity index (χ3v) is 5.33. The maximum Gasteiger partial charge on any atom is 0.311 e. The smallest absolute Gasteiger partial charge is 0.311 e. The Bertz CT molecular complexity index is 793. The van der Waals surface area contributed by atoms with Gasteiger partial charge in [-0.15, -0.1) is 11.3 Å². The molecule has 0 saturated carbocycles. The molecule has 1 atom stereocenters. The van der Waals surface area contributed by atoms with Gasteiger partial charge in [-0.05, 0) is 24.8 Å². The molecule has 2 aromatic heterocycles. The number of aliphatic hydroxyl groups excluding tert-OH is 1. The average Bonchev–Trinajstić information content (AvgIpc) is 3.04. The Balaban J connectivity index is 2.25. The van der Waals surface area contributed by atoms with Crippen molar-refractivity contribution in [2.24, 2.45) is 0 Å². The third kappa shape index (κ3) is 2.24. The van der Waals surface area contributed by atoms with Crippen molar-refractivity contribution in [3.05, 3.63) is 26.6 Å². The van der Waals surface area contributed by atoms with Crippen molar-refractivity contribution in [2.45, 2.75) is 45.1 Å². The van der Waals surface area contributed by atoms with Gasteiger partial charge in [0.2, 0.25) is 0 Å². The van der Waals surface area contributed by atoms with Crippen LogP contribution in [0.1, 0.15) is 41.9 Å². The van der Waals surface area contributed by atoms with E-state index in [1.54, 1.807) is 4.57 Å². The SMILES string of the molecule is CCc1nc2sc3c(c2c(=O)n1CCCO)C(C(=O)O)CC3. The van der Waals surface area contributed by atoms with Crippen LogP contribution in [0.2, 0.25) is 0 Å². The molecule has 2 N–H and O–H groups in total. The minimum absolute atomic E-state index is 0.00707. The number of rotatable bonds is 5. The number of carbonyl (C=O) groups is 1. The molecule has 22 heavy (non-hydrogen) atoms. The number of aromatic nitrogens is 2. The largest absolute Gasteiger partial charge is 0.481 e. The normalized spacial score (nSPS) is 17.1. The molecule has 0 radical (unpaired) electrons. The standard InChI is InChI=1S/C15H18N2O4S/c1-2-10-16-13-12(14(19)17(10)6-3-7-18)11-8(15(20)21)4-5-9(11)22-13/h8,18H,2-7H2,1H3,(H,20,21). The highest BCUT2D eigenvalue weighted by Gasteiger charge is 2.34. The number of nitrogens with zero attached hydrogens (tertiary/aromatic N) is 2. The lowest BCUT2D eigenvalue weighted by molar-refractivity contribution is -0.138. The Morgan fingerprint density at radius 3 is 2.91 bits per heavy atom. The lowest BCUT2D eigenvalue weighted by Crippen LogP contribution is -2.26. The summed E-state index contributed by atoms with van der Waals surface area (Å²) in [4.78, 5) is 30.5. The van der Waals surface area contributed by atoms with Crippen molar-refractivity contribution < 1.29 is 15.0 Å². The molecule has 0 spiro atoms. The topological polar surface area (TPSA) is 92.4 Å². The fraction of sp³-hybridized carbons (Fsp3) is 0.533. The van der Waals surface area contributed by atoms with Gasteiger partial charge in [0.25, 0.3) is 5.56 Å². The number of thiophene rings is 1. The fourth-order valence-electron chi connectivity index (χ4n) is 3.14. The zero-order valence-electron chi connectivity index (χ0n) is 12.3. The molecule has 7 heteroatoms. The van der Waals surface area contributed by atoms with Gasteiger partial charge < -0.3 is 10.2 Å². The quantitative estimate of drug-likeness (QED) is 0.870. The predicted molar refractivity (Wildman–Crippen MR) is 83.7 cm³/mol. The van der Waals surface area contributed by atoms with Gasteiger partial charge in [-0.25, -0.2) is 4.98 Å². The van der Waals surface area contributed by atoms with Gasteiger partial charge in [0.05, 0.1) is 11.3 Å². The molecule has 0 aliphatic heterocycles. The van der Waals surface area contributed by atoms with E-state index in [9.17, 15) is 14.7 Å². The zero-order chi connectivity index (χ0) is 15.9. The van der Waals surface area contributed by atoms with E-state index < -0.39 is 11.9 Å². The molecule has 0 amide bonds. The second kappa shape index (κ2) is 5.81. The highest BCUT2D eigenvalue weighted by molar-refractivity contribution is 7.18. The van der Waals surface area contributed by atoms with Crippen LogP contribution in [-0.2, 0) is 24.2 Å². The van der Waals surface area contributed by atoms with Crippen LogP contribution in [0.25, 0.3) is 10.2 Å². The van der Waals surface area contributed by atoms with E-state index in [2.05, 4.69) is 4.98 Å². The van der Waals surface area contributed by atoms with Crippen LogP contribution in [0.15, 0.2) is 4.79 Å². The van der Waals surface area contributed by atoms with Crippen LogP contribution in [0, 0.1) is 0 Å². The Morgan fingerprint density at radius 1 is 1.50 bits per heavy atom.